The predicted molar refractivity (Wildman–Crippen MR) is 54.6 cm³/mol. The minimum Gasteiger partial charge on any atom is -0.214 e. The van der Waals surface area contributed by atoms with Crippen molar-refractivity contribution in [1.82, 2.24) is 19.6 Å². The molecular weight excluding hydrogens is 200 g/mol. The van der Waals surface area contributed by atoms with Crippen molar-refractivity contribution in [2.75, 3.05) is 0 Å². The molecule has 0 amide bonds. The second kappa shape index (κ2) is 3.20. The molecule has 2 aromatic rings. The van der Waals surface area contributed by atoms with Crippen molar-refractivity contribution in [2.24, 2.45) is 0 Å². The van der Waals surface area contributed by atoms with Crippen molar-refractivity contribution in [3.8, 4) is 0 Å². The normalized spacial score (nSPS) is 11.5. The van der Waals surface area contributed by atoms with E-state index in [-0.39, 0.29) is 0 Å². The molecule has 5 heteroatoms. The van der Waals surface area contributed by atoms with Crippen LogP contribution in [-0.2, 0) is 0 Å². The Bertz CT molecular complexity index is 475. The number of nitrogens with zero attached hydrogens (tertiary/aromatic N) is 4. The van der Waals surface area contributed by atoms with Gasteiger partial charge in [0.1, 0.15) is 5.82 Å². The summed E-state index contributed by atoms with van der Waals surface area (Å²) in [5.41, 5.74) is 1.90. The van der Waals surface area contributed by atoms with Gasteiger partial charge in [0, 0.05) is 5.56 Å². The van der Waals surface area contributed by atoms with Gasteiger partial charge in [-0.1, -0.05) is 13.8 Å². The lowest BCUT2D eigenvalue weighted by atomic mass is 10.1. The number of aromatic nitrogens is 4. The smallest absolute Gasteiger partial charge is 0.214 e. The molecule has 2 heterocycles. The van der Waals surface area contributed by atoms with E-state index in [0.29, 0.717) is 17.0 Å². The molecule has 0 saturated carbocycles. The number of fused-ring (bicyclic) bond motifs is 1. The van der Waals surface area contributed by atoms with Crippen LogP contribution in [0.4, 0.5) is 0 Å². The van der Waals surface area contributed by atoms with Gasteiger partial charge in [-0.05, 0) is 24.4 Å². The van der Waals surface area contributed by atoms with E-state index in [0.717, 1.165) is 11.2 Å². The number of hydrogen-bond acceptors (Lipinski definition) is 3. The lowest BCUT2D eigenvalue weighted by Crippen LogP contribution is -1.99. The fourth-order valence-corrected chi connectivity index (χ4v) is 1.61. The molecule has 0 bridgehead atoms. The number of rotatable bonds is 1. The van der Waals surface area contributed by atoms with Crippen LogP contribution < -0.4 is 0 Å². The van der Waals surface area contributed by atoms with Gasteiger partial charge in [0.15, 0.2) is 5.65 Å². The van der Waals surface area contributed by atoms with Gasteiger partial charge in [-0.25, -0.2) is 9.97 Å². The summed E-state index contributed by atoms with van der Waals surface area (Å²) in [7, 11) is 0. The number of hydrogen-bond donors (Lipinski definition) is 0. The van der Waals surface area contributed by atoms with Crippen LogP contribution in [-0.4, -0.2) is 19.6 Å². The van der Waals surface area contributed by atoms with Crippen molar-refractivity contribution >= 4 is 17.2 Å². The molecule has 0 unspecified atom stereocenters. The van der Waals surface area contributed by atoms with Gasteiger partial charge in [0.2, 0.25) is 5.28 Å². The summed E-state index contributed by atoms with van der Waals surface area (Å²) in [5.74, 6) is 1.06. The van der Waals surface area contributed by atoms with Crippen LogP contribution in [0.15, 0.2) is 6.20 Å². The molecule has 0 aliphatic heterocycles. The predicted octanol–water partition coefficient (Wildman–Crippen LogP) is 2.21. The zero-order chi connectivity index (χ0) is 10.3. The van der Waals surface area contributed by atoms with E-state index in [1.165, 1.54) is 0 Å². The van der Waals surface area contributed by atoms with E-state index < -0.39 is 0 Å². The molecule has 0 radical (unpaired) electrons. The third-order valence-electron chi connectivity index (χ3n) is 2.09. The molecule has 2 rings (SSSR count). The Labute approximate surface area is 86.9 Å². The average Bonchev–Trinajstić information content (AvgIpc) is 2.47. The van der Waals surface area contributed by atoms with Crippen molar-refractivity contribution in [3.63, 3.8) is 0 Å². The van der Waals surface area contributed by atoms with E-state index in [2.05, 4.69) is 28.9 Å². The van der Waals surface area contributed by atoms with Crippen LogP contribution >= 0.6 is 11.6 Å². The van der Waals surface area contributed by atoms with Crippen LogP contribution in [0, 0.1) is 6.92 Å². The first kappa shape index (κ1) is 9.40. The van der Waals surface area contributed by atoms with Gasteiger partial charge < -0.3 is 0 Å². The van der Waals surface area contributed by atoms with Crippen LogP contribution in [0.1, 0.15) is 31.2 Å². The average molecular weight is 211 g/mol. The van der Waals surface area contributed by atoms with Crippen LogP contribution in [0.2, 0.25) is 5.28 Å². The summed E-state index contributed by atoms with van der Waals surface area (Å²) in [6.45, 7) is 6.02. The van der Waals surface area contributed by atoms with Crippen molar-refractivity contribution in [1.29, 1.82) is 0 Å². The van der Waals surface area contributed by atoms with E-state index >= 15 is 0 Å². The zero-order valence-corrected chi connectivity index (χ0v) is 9.08. The Morgan fingerprint density at radius 2 is 2.07 bits per heavy atom. The largest absolute Gasteiger partial charge is 0.227 e. The minimum absolute atomic E-state index is 0.361. The molecule has 4 nitrogen and oxygen atoms in total. The summed E-state index contributed by atoms with van der Waals surface area (Å²) in [4.78, 5) is 8.35. The fourth-order valence-electron chi connectivity index (χ4n) is 1.37. The van der Waals surface area contributed by atoms with Crippen LogP contribution in [0.5, 0.6) is 0 Å². The van der Waals surface area contributed by atoms with Crippen molar-refractivity contribution in [3.05, 3.63) is 22.9 Å². The van der Waals surface area contributed by atoms with E-state index in [4.69, 9.17) is 11.6 Å². The highest BCUT2D eigenvalue weighted by molar-refractivity contribution is 6.28. The van der Waals surface area contributed by atoms with Crippen molar-refractivity contribution < 1.29 is 0 Å². The molecule has 0 atom stereocenters. The second-order valence-electron chi connectivity index (χ2n) is 3.53. The molecule has 0 spiro atoms. The van der Waals surface area contributed by atoms with Crippen LogP contribution in [0.3, 0.4) is 0 Å². The molecule has 0 fully saturated rings. The third kappa shape index (κ3) is 1.35. The van der Waals surface area contributed by atoms with E-state index in [1.54, 1.807) is 10.7 Å². The molecule has 14 heavy (non-hydrogen) atoms. The lowest BCUT2D eigenvalue weighted by molar-refractivity contribution is 0.856. The minimum atomic E-state index is 0.361. The Morgan fingerprint density at radius 3 is 2.71 bits per heavy atom. The standard InChI is InChI=1S/C9H11ClN4/c1-5(2)7-4-11-14-8(7)12-6(3)13-9(14)10/h4-5H,1-3H3. The highest BCUT2D eigenvalue weighted by Crippen LogP contribution is 2.20. The Kier molecular flexibility index (Phi) is 2.15. The van der Waals surface area contributed by atoms with Gasteiger partial charge >= 0.3 is 0 Å². The Balaban J connectivity index is 2.78. The maximum absolute atomic E-state index is 5.93. The van der Waals surface area contributed by atoms with Gasteiger partial charge in [-0.2, -0.15) is 9.61 Å². The maximum Gasteiger partial charge on any atom is 0.227 e. The summed E-state index contributed by atoms with van der Waals surface area (Å²) in [6, 6.07) is 0. The molecular formula is C9H11ClN4. The van der Waals surface area contributed by atoms with E-state index in [9.17, 15) is 0 Å². The Hall–Kier alpha value is -1.16. The maximum atomic E-state index is 5.93. The number of halogens is 1. The van der Waals surface area contributed by atoms with E-state index in [1.807, 2.05) is 6.92 Å². The third-order valence-corrected chi connectivity index (χ3v) is 2.33. The zero-order valence-electron chi connectivity index (χ0n) is 8.32. The second-order valence-corrected chi connectivity index (χ2v) is 3.87. The summed E-state index contributed by atoms with van der Waals surface area (Å²) < 4.78 is 1.56. The SMILES string of the molecule is Cc1nc(Cl)n2ncc(C(C)C)c2n1. The molecule has 0 N–H and O–H groups in total. The van der Waals surface area contributed by atoms with Gasteiger partial charge in [-0.3, -0.25) is 0 Å². The molecule has 0 saturated heterocycles. The fraction of sp³-hybridized carbons (Fsp3) is 0.444. The van der Waals surface area contributed by atoms with Gasteiger partial charge in [0.05, 0.1) is 6.20 Å². The van der Waals surface area contributed by atoms with Crippen LogP contribution in [0.25, 0.3) is 5.65 Å². The summed E-state index contributed by atoms with van der Waals surface area (Å²) in [6.07, 6.45) is 1.79. The quantitative estimate of drug-likeness (QED) is 0.725. The highest BCUT2D eigenvalue weighted by atomic mass is 35.5. The first-order valence-corrected chi connectivity index (χ1v) is 4.85. The number of aryl methyl sites for hydroxylation is 1. The summed E-state index contributed by atoms with van der Waals surface area (Å²) in [5, 5.41) is 4.50. The first-order chi connectivity index (χ1) is 6.59. The first-order valence-electron chi connectivity index (χ1n) is 4.47. The highest BCUT2D eigenvalue weighted by Gasteiger charge is 2.12. The Morgan fingerprint density at radius 1 is 1.36 bits per heavy atom. The molecule has 2 aromatic heterocycles. The molecule has 74 valence electrons. The summed E-state index contributed by atoms with van der Waals surface area (Å²) >= 11 is 5.93. The molecule has 0 aliphatic carbocycles. The lowest BCUT2D eigenvalue weighted by Gasteiger charge is -2.02. The molecule has 0 aliphatic rings. The topological polar surface area (TPSA) is 43.1 Å². The molecule has 0 aromatic carbocycles. The van der Waals surface area contributed by atoms with Gasteiger partial charge in [0.25, 0.3) is 0 Å². The monoisotopic (exact) mass is 210 g/mol. The van der Waals surface area contributed by atoms with Gasteiger partial charge in [-0.15, -0.1) is 0 Å². The van der Waals surface area contributed by atoms with Crippen molar-refractivity contribution in [2.45, 2.75) is 26.7 Å².